The molecule has 3 rings (SSSR count). The minimum absolute atomic E-state index is 0.356. The maximum atomic E-state index is 12.4. The van der Waals surface area contributed by atoms with Gasteiger partial charge in [-0.1, -0.05) is 23.8 Å². The van der Waals surface area contributed by atoms with E-state index in [9.17, 15) is 9.59 Å². The summed E-state index contributed by atoms with van der Waals surface area (Å²) in [6, 6.07) is 7.81. The fourth-order valence-corrected chi connectivity index (χ4v) is 3.05. The van der Waals surface area contributed by atoms with Gasteiger partial charge in [0.1, 0.15) is 10.4 Å². The molecule has 0 aliphatic carbocycles. The molecule has 118 valence electrons. The van der Waals surface area contributed by atoms with Crippen molar-refractivity contribution in [1.29, 1.82) is 0 Å². The van der Waals surface area contributed by atoms with Crippen LogP contribution in [0.2, 0.25) is 0 Å². The van der Waals surface area contributed by atoms with Crippen LogP contribution in [0.4, 0.5) is 0 Å². The van der Waals surface area contributed by atoms with Gasteiger partial charge in [-0.2, -0.15) is 0 Å². The van der Waals surface area contributed by atoms with E-state index in [-0.39, 0.29) is 5.56 Å². The van der Waals surface area contributed by atoms with Gasteiger partial charge in [-0.05, 0) is 19.2 Å². The lowest BCUT2D eigenvalue weighted by Gasteiger charge is -2.11. The second-order valence-electron chi connectivity index (χ2n) is 5.33. The molecule has 6 nitrogen and oxygen atoms in total. The molecule has 0 atom stereocenters. The molecule has 1 aromatic carbocycles. The molecule has 3 aromatic rings. The average molecular weight is 328 g/mol. The summed E-state index contributed by atoms with van der Waals surface area (Å²) in [6.07, 6.45) is 1.85. The van der Waals surface area contributed by atoms with Gasteiger partial charge >= 0.3 is 5.69 Å². The lowest BCUT2D eigenvalue weighted by molar-refractivity contribution is 0.703. The van der Waals surface area contributed by atoms with Crippen molar-refractivity contribution in [3.63, 3.8) is 0 Å². The first-order chi connectivity index (χ1) is 10.9. The SMILES string of the molecule is CSc1nc(-c2cccc(C)c2)nc2c1c(=O)n(C)c(=O)n2C. The Morgan fingerprint density at radius 1 is 1.09 bits per heavy atom. The lowest BCUT2D eigenvalue weighted by atomic mass is 10.1. The number of fused-ring (bicyclic) bond motifs is 1. The largest absolute Gasteiger partial charge is 0.332 e. The molecule has 0 saturated heterocycles. The summed E-state index contributed by atoms with van der Waals surface area (Å²) >= 11 is 1.37. The van der Waals surface area contributed by atoms with E-state index in [0.717, 1.165) is 15.7 Å². The summed E-state index contributed by atoms with van der Waals surface area (Å²) in [6.45, 7) is 1.99. The molecular formula is C16H16N4O2S. The van der Waals surface area contributed by atoms with Gasteiger partial charge < -0.3 is 0 Å². The minimum Gasteiger partial charge on any atom is -0.280 e. The van der Waals surface area contributed by atoms with Crippen molar-refractivity contribution in [1.82, 2.24) is 19.1 Å². The first-order valence-corrected chi connectivity index (χ1v) is 8.25. The van der Waals surface area contributed by atoms with Gasteiger partial charge in [0.2, 0.25) is 0 Å². The summed E-state index contributed by atoms with van der Waals surface area (Å²) in [4.78, 5) is 33.6. The highest BCUT2D eigenvalue weighted by Crippen LogP contribution is 2.24. The Hall–Kier alpha value is -2.41. The van der Waals surface area contributed by atoms with Crippen molar-refractivity contribution >= 4 is 22.8 Å². The van der Waals surface area contributed by atoms with Crippen LogP contribution in [0.5, 0.6) is 0 Å². The van der Waals surface area contributed by atoms with Crippen molar-refractivity contribution in [2.24, 2.45) is 14.1 Å². The standard InChI is InChI=1S/C16H16N4O2S/c1-9-6-5-7-10(8-9)12-17-13-11(14(18-12)23-4)15(21)20(3)16(22)19(13)2/h5-8H,1-4H3. The Kier molecular flexibility index (Phi) is 3.81. The minimum atomic E-state index is -0.400. The van der Waals surface area contributed by atoms with Crippen molar-refractivity contribution in [3.05, 3.63) is 50.7 Å². The number of benzene rings is 1. The summed E-state index contributed by atoms with van der Waals surface area (Å²) in [7, 11) is 3.07. The maximum absolute atomic E-state index is 12.4. The number of hydrogen-bond donors (Lipinski definition) is 0. The van der Waals surface area contributed by atoms with Crippen molar-refractivity contribution < 1.29 is 0 Å². The number of hydrogen-bond acceptors (Lipinski definition) is 5. The smallest absolute Gasteiger partial charge is 0.280 e. The molecular weight excluding hydrogens is 312 g/mol. The van der Waals surface area contributed by atoms with Gasteiger partial charge in [0, 0.05) is 19.7 Å². The molecule has 7 heteroatoms. The van der Waals surface area contributed by atoms with E-state index in [4.69, 9.17) is 0 Å². The molecule has 0 N–H and O–H groups in total. The predicted octanol–water partition coefficient (Wildman–Crippen LogP) is 1.72. The molecule has 0 saturated carbocycles. The van der Waals surface area contributed by atoms with Crippen LogP contribution >= 0.6 is 11.8 Å². The number of rotatable bonds is 2. The van der Waals surface area contributed by atoms with Gasteiger partial charge in [0.15, 0.2) is 11.5 Å². The van der Waals surface area contributed by atoms with E-state index in [1.54, 1.807) is 7.05 Å². The first-order valence-electron chi connectivity index (χ1n) is 7.03. The number of aryl methyl sites for hydroxylation is 2. The Bertz CT molecular complexity index is 1040. The average Bonchev–Trinajstić information content (AvgIpc) is 2.56. The van der Waals surface area contributed by atoms with Crippen LogP contribution in [0.1, 0.15) is 5.56 Å². The van der Waals surface area contributed by atoms with E-state index in [1.807, 2.05) is 37.4 Å². The molecule has 0 bridgehead atoms. The summed E-state index contributed by atoms with van der Waals surface area (Å²) in [5.41, 5.74) is 1.53. The molecule has 0 amide bonds. The van der Waals surface area contributed by atoms with Crippen LogP contribution in [0.15, 0.2) is 38.9 Å². The van der Waals surface area contributed by atoms with Crippen LogP contribution in [-0.2, 0) is 14.1 Å². The number of nitrogens with zero attached hydrogens (tertiary/aromatic N) is 4. The maximum Gasteiger partial charge on any atom is 0.332 e. The second-order valence-corrected chi connectivity index (χ2v) is 6.13. The molecule has 0 radical (unpaired) electrons. The lowest BCUT2D eigenvalue weighted by Crippen LogP contribution is -2.37. The summed E-state index contributed by atoms with van der Waals surface area (Å²) in [5, 5.41) is 0.946. The Morgan fingerprint density at radius 2 is 1.83 bits per heavy atom. The highest BCUT2D eigenvalue weighted by atomic mass is 32.2. The number of aromatic nitrogens is 4. The molecule has 23 heavy (non-hydrogen) atoms. The van der Waals surface area contributed by atoms with Gasteiger partial charge in [0.05, 0.1) is 0 Å². The Labute approximate surface area is 136 Å². The van der Waals surface area contributed by atoms with E-state index in [2.05, 4.69) is 9.97 Å². The normalized spacial score (nSPS) is 11.1. The van der Waals surface area contributed by atoms with Gasteiger partial charge in [0.25, 0.3) is 5.56 Å². The fourth-order valence-electron chi connectivity index (χ4n) is 2.49. The highest BCUT2D eigenvalue weighted by Gasteiger charge is 2.17. The van der Waals surface area contributed by atoms with E-state index in [1.165, 1.54) is 23.4 Å². The van der Waals surface area contributed by atoms with Crippen LogP contribution in [0.3, 0.4) is 0 Å². The zero-order valence-corrected chi connectivity index (χ0v) is 14.1. The molecule has 0 aliphatic heterocycles. The third-order valence-corrected chi connectivity index (χ3v) is 4.42. The third-order valence-electron chi connectivity index (χ3n) is 3.74. The van der Waals surface area contributed by atoms with Crippen LogP contribution in [-0.4, -0.2) is 25.4 Å². The van der Waals surface area contributed by atoms with Crippen molar-refractivity contribution in [3.8, 4) is 11.4 Å². The molecule has 2 heterocycles. The van der Waals surface area contributed by atoms with E-state index < -0.39 is 5.69 Å². The van der Waals surface area contributed by atoms with Crippen molar-refractivity contribution in [2.75, 3.05) is 6.26 Å². The molecule has 2 aromatic heterocycles. The Balaban J connectivity index is 2.46. The van der Waals surface area contributed by atoms with Gasteiger partial charge in [-0.25, -0.2) is 14.8 Å². The zero-order valence-electron chi connectivity index (χ0n) is 13.3. The monoisotopic (exact) mass is 328 g/mol. The highest BCUT2D eigenvalue weighted by molar-refractivity contribution is 7.98. The third kappa shape index (κ3) is 2.46. The van der Waals surface area contributed by atoms with Crippen LogP contribution < -0.4 is 11.2 Å². The molecule has 0 fully saturated rings. The molecule has 0 aliphatic rings. The van der Waals surface area contributed by atoms with Crippen LogP contribution in [0, 0.1) is 6.92 Å². The van der Waals surface area contributed by atoms with E-state index >= 15 is 0 Å². The number of thioether (sulfide) groups is 1. The van der Waals surface area contributed by atoms with Gasteiger partial charge in [-0.15, -0.1) is 11.8 Å². The first kappa shape index (κ1) is 15.5. The summed E-state index contributed by atoms with van der Waals surface area (Å²) in [5.74, 6) is 0.508. The second kappa shape index (κ2) is 5.66. The molecule has 0 unspecified atom stereocenters. The fraction of sp³-hybridized carbons (Fsp3) is 0.250. The van der Waals surface area contributed by atoms with Gasteiger partial charge in [-0.3, -0.25) is 13.9 Å². The zero-order chi connectivity index (χ0) is 16.7. The van der Waals surface area contributed by atoms with E-state index in [0.29, 0.717) is 21.9 Å². The predicted molar refractivity (Wildman–Crippen MR) is 92.0 cm³/mol. The Morgan fingerprint density at radius 3 is 2.48 bits per heavy atom. The topological polar surface area (TPSA) is 69.8 Å². The van der Waals surface area contributed by atoms with Crippen molar-refractivity contribution in [2.45, 2.75) is 11.9 Å². The molecule has 0 spiro atoms. The quantitative estimate of drug-likeness (QED) is 0.529. The van der Waals surface area contributed by atoms with Crippen LogP contribution in [0.25, 0.3) is 22.4 Å². The summed E-state index contributed by atoms with van der Waals surface area (Å²) < 4.78 is 2.47.